The monoisotopic (exact) mass is 2140 g/mol. The number of aliphatic hydroxyl groups excluding tert-OH is 14. The molecular weight excluding hydrogens is 1890 g/mol. The average Bonchev–Trinajstić information content (AvgIpc) is 0.817. The van der Waals surface area contributed by atoms with Crippen molar-refractivity contribution in [2.75, 3.05) is 165 Å². The van der Waals surface area contributed by atoms with Crippen molar-refractivity contribution in [3.8, 4) is 17.2 Å². The summed E-state index contributed by atoms with van der Waals surface area (Å²) < 4.78 is 46.8. The van der Waals surface area contributed by atoms with E-state index in [1.807, 2.05) is 99.6 Å². The van der Waals surface area contributed by atoms with Crippen molar-refractivity contribution in [3.05, 3.63) is 124 Å². The molecule has 14 N–H and O–H groups in total. The van der Waals surface area contributed by atoms with Crippen molar-refractivity contribution in [1.29, 1.82) is 0 Å². The van der Waals surface area contributed by atoms with Gasteiger partial charge in [0.15, 0.2) is 0 Å². The Kier molecular flexibility index (Phi) is 181. The van der Waals surface area contributed by atoms with Crippen LogP contribution < -0.4 is 14.2 Å². The van der Waals surface area contributed by atoms with Gasteiger partial charge < -0.3 is 114 Å². The van der Waals surface area contributed by atoms with E-state index in [4.69, 9.17) is 99.2 Å². The molecule has 0 bridgehead atoms. The first kappa shape index (κ1) is 171. The van der Waals surface area contributed by atoms with Crippen LogP contribution in [-0.4, -0.2) is 261 Å². The lowest BCUT2D eigenvalue weighted by molar-refractivity contribution is -0.140. The number of rotatable bonds is 67. The first-order chi connectivity index (χ1) is 71.8. The molecule has 0 radical (unpaired) electrons. The Bertz CT molecular complexity index is 2870. The van der Waals surface area contributed by atoms with Crippen LogP contribution in [0.2, 0.25) is 0 Å². The fraction of sp³-hybridized carbons (Fsp3) is 0.790. The minimum absolute atomic E-state index is 0.0143. The summed E-state index contributed by atoms with van der Waals surface area (Å²) in [7, 11) is 0. The number of hydrogen-bond acceptors (Lipinski definition) is 25. The third-order valence-corrected chi connectivity index (χ3v) is 18.7. The van der Waals surface area contributed by atoms with E-state index < -0.39 is 12.2 Å². The zero-order valence-electron chi connectivity index (χ0n) is 101. The Morgan fingerprint density at radius 1 is 0.275 bits per heavy atom. The van der Waals surface area contributed by atoms with E-state index in [1.165, 1.54) is 214 Å². The lowest BCUT2D eigenvalue weighted by Gasteiger charge is -2.18. The van der Waals surface area contributed by atoms with E-state index in [-0.39, 0.29) is 64.8 Å². The number of ether oxygens (including phenoxy) is 9. The van der Waals surface area contributed by atoms with E-state index in [0.29, 0.717) is 122 Å². The van der Waals surface area contributed by atoms with Crippen LogP contribution in [0.1, 0.15) is 455 Å². The van der Waals surface area contributed by atoms with Crippen LogP contribution in [0.3, 0.4) is 0 Å². The molecule has 4 aromatic rings. The summed E-state index contributed by atoms with van der Waals surface area (Å²) in [5, 5.41) is 117. The fourth-order valence-corrected chi connectivity index (χ4v) is 11.0. The largest absolute Gasteiger partial charge is 0.494 e. The predicted octanol–water partition coefficient (Wildman–Crippen LogP) is 26.5. The van der Waals surface area contributed by atoms with Crippen molar-refractivity contribution < 1.29 is 124 Å². The second-order valence-electron chi connectivity index (χ2n) is 37.1. The Hall–Kier alpha value is -5.50. The van der Waals surface area contributed by atoms with Gasteiger partial charge in [0.05, 0.1) is 91.5 Å². The third kappa shape index (κ3) is 165. The van der Waals surface area contributed by atoms with Gasteiger partial charge in [-0.1, -0.05) is 368 Å². The maximum absolute atomic E-state index is 11.2. The Morgan fingerprint density at radius 3 is 0.940 bits per heavy atom. The van der Waals surface area contributed by atoms with Gasteiger partial charge in [-0.3, -0.25) is 4.79 Å². The van der Waals surface area contributed by atoms with Crippen molar-refractivity contribution in [1.82, 2.24) is 0 Å². The highest BCUT2D eigenvalue weighted by Gasteiger charge is 2.15. The van der Waals surface area contributed by atoms with Crippen molar-refractivity contribution in [2.45, 2.75) is 462 Å². The van der Waals surface area contributed by atoms with Crippen LogP contribution in [0.15, 0.2) is 84.9 Å². The van der Waals surface area contributed by atoms with E-state index in [0.717, 1.165) is 120 Å². The third-order valence-electron chi connectivity index (χ3n) is 18.7. The number of aryl methyl sites for hydroxylation is 6. The number of hydrogen-bond donors (Lipinski definition) is 14. The summed E-state index contributed by atoms with van der Waals surface area (Å²) in [6.45, 7) is 63.8. The molecule has 0 amide bonds. The molecule has 4 aromatic carbocycles. The SMILES string of the molecule is CC(C)COCC(O)CO.CC(C)COCC(O)COCCO.CC(C)COCCO.CCC.CCC.CCCCCCCCCc1ccc(OCCO)c(CCCCCCCCC)c1.CCCCCc1cc(CCCCC)c(OCCO)c(CCCCC)c1.CCCCO.CCCO.CCCO.CCCO.CCCO.CCCO.CCCO.CCCOC(=O)c1ccccc1.CCCOC(C)=O.CCCOc1ccc(C)cc1. The quantitative estimate of drug-likeness (QED) is 0.0144. The molecule has 0 saturated heterocycles. The van der Waals surface area contributed by atoms with Gasteiger partial charge in [-0.25, -0.2) is 4.79 Å². The lowest BCUT2D eigenvalue weighted by Crippen LogP contribution is -2.23. The van der Waals surface area contributed by atoms with Gasteiger partial charge in [0.1, 0.15) is 42.7 Å². The zero-order chi connectivity index (χ0) is 116. The van der Waals surface area contributed by atoms with Crippen LogP contribution in [0.4, 0.5) is 0 Å². The number of esters is 2. The molecule has 2 unspecified atom stereocenters. The zero-order valence-corrected chi connectivity index (χ0v) is 101. The summed E-state index contributed by atoms with van der Waals surface area (Å²) in [5.41, 5.74) is 8.87. The molecule has 2 atom stereocenters. The molecule has 0 fully saturated rings. The Balaban J connectivity index is -0.000000127. The van der Waals surface area contributed by atoms with E-state index in [9.17, 15) is 19.8 Å². The average molecular weight is 2140 g/mol. The number of aliphatic hydroxyl groups is 14. The van der Waals surface area contributed by atoms with Gasteiger partial charge in [-0.2, -0.15) is 0 Å². The van der Waals surface area contributed by atoms with Gasteiger partial charge in [-0.15, -0.1) is 0 Å². The molecule has 0 saturated carbocycles. The molecule has 0 heterocycles. The van der Waals surface area contributed by atoms with Crippen LogP contribution in [0.5, 0.6) is 17.2 Å². The number of carbonyl (C=O) groups is 2. The van der Waals surface area contributed by atoms with Crippen molar-refractivity contribution in [3.63, 3.8) is 0 Å². The van der Waals surface area contributed by atoms with Crippen molar-refractivity contribution in [2.24, 2.45) is 17.8 Å². The molecule has 4 rings (SSSR count). The first-order valence-electron chi connectivity index (χ1n) is 58.4. The van der Waals surface area contributed by atoms with E-state index in [2.05, 4.69) is 158 Å². The molecule has 25 heteroatoms. The molecule has 0 aliphatic rings. The standard InChI is InChI=1S/C26H46O2.C23H40O2.C10H12O2.C10H14O.C9H20O4.C7H16O3.C6H14O2.C5H10O2.C4H10O.6C3H8O.2C3H8/c1-3-5-7-9-11-13-15-17-24-19-20-26(28-22-21-27)25(23-24)18-16-14-12-10-8-6-4-2;1-4-7-10-13-20-18-21(14-11-8-5-2)23(25-17-16-24)22(19-20)15-12-9-6-3;1-2-8-12-10(11)9-6-4-3-5-7-9;1-3-8-11-10-6-4-9(2)5-7-10;1-8(2)5-13-7-9(11)6-12-4-3-10;1-6(2)4-10-5-7(9)3-8;1-6(2)5-8-4-3-7;1-3-4-7-5(2)6;1-2-3-4-5;6*1-2-3-4;2*1-3-2/h19-20,23,27H,3-18,21-22H2,1-2H3;18-19,24H,4-17H2,1-3H3;3-7H,2,8H2,1H3;4-7H,3,8H2,1-2H3;8-11H,3-7H2,1-2H3;6-9H,3-5H2,1-2H3;6-7H,3-5H2,1-2H3;3-4H2,1-2H3;5H,2-4H2,1H3;6*4H,2-3H2,1H3;2*3H2,1-2H3. The van der Waals surface area contributed by atoms with Gasteiger partial charge >= 0.3 is 11.9 Å². The van der Waals surface area contributed by atoms with Crippen LogP contribution >= 0.6 is 0 Å². The topological polar surface area (TPSA) is 400 Å². The summed E-state index contributed by atoms with van der Waals surface area (Å²) in [6, 6.07) is 28.6. The number of unbranched alkanes of at least 4 members (excludes halogenated alkanes) is 19. The predicted molar refractivity (Wildman–Crippen MR) is 631 cm³/mol. The summed E-state index contributed by atoms with van der Waals surface area (Å²) in [6.07, 6.45) is 47.1. The van der Waals surface area contributed by atoms with Gasteiger partial charge in [-0.05, 0) is 211 Å². The lowest BCUT2D eigenvalue weighted by atomic mass is 9.94. The fourth-order valence-electron chi connectivity index (χ4n) is 11.0. The highest BCUT2D eigenvalue weighted by atomic mass is 16.5. The highest BCUT2D eigenvalue weighted by Crippen LogP contribution is 2.31. The summed E-state index contributed by atoms with van der Waals surface area (Å²) in [5.74, 6) is 4.11. The van der Waals surface area contributed by atoms with Crippen LogP contribution in [-0.2, 0) is 65.3 Å². The van der Waals surface area contributed by atoms with Crippen LogP contribution in [0.25, 0.3) is 0 Å². The van der Waals surface area contributed by atoms with E-state index in [1.54, 1.807) is 12.1 Å². The van der Waals surface area contributed by atoms with E-state index >= 15 is 0 Å². The normalized spacial score (nSPS) is 10.2. The number of benzene rings is 4. The minimum Gasteiger partial charge on any atom is -0.494 e. The van der Waals surface area contributed by atoms with Crippen LogP contribution in [0, 0.1) is 24.7 Å². The smallest absolute Gasteiger partial charge is 0.338 e. The molecular formula is C124H246O25. The molecule has 0 aliphatic heterocycles. The maximum Gasteiger partial charge on any atom is 0.338 e. The first-order valence-corrected chi connectivity index (χ1v) is 58.4. The van der Waals surface area contributed by atoms with Crippen molar-refractivity contribution >= 4 is 11.9 Å². The molecule has 0 spiro atoms. The van der Waals surface area contributed by atoms with Gasteiger partial charge in [0.25, 0.3) is 0 Å². The molecule has 149 heavy (non-hydrogen) atoms. The summed E-state index contributed by atoms with van der Waals surface area (Å²) in [4.78, 5) is 21.2. The molecule has 0 aromatic heterocycles. The van der Waals surface area contributed by atoms with Gasteiger partial charge in [0.2, 0.25) is 0 Å². The molecule has 0 aliphatic carbocycles. The highest BCUT2D eigenvalue weighted by molar-refractivity contribution is 5.89. The summed E-state index contributed by atoms with van der Waals surface area (Å²) >= 11 is 0. The second kappa shape index (κ2) is 158. The Morgan fingerprint density at radius 2 is 0.591 bits per heavy atom. The molecule has 25 nitrogen and oxygen atoms in total. The molecule has 892 valence electrons. The minimum atomic E-state index is -0.723. The second-order valence-corrected chi connectivity index (χ2v) is 37.1. The number of carbonyl (C=O) groups excluding carboxylic acids is 2. The Labute approximate surface area is 917 Å². The maximum atomic E-state index is 11.2. The van der Waals surface area contributed by atoms with Gasteiger partial charge in [0, 0.05) is 73.0 Å².